The number of aliphatic hydroxyl groups excluding tert-OH is 1. The van der Waals surface area contributed by atoms with E-state index in [0.29, 0.717) is 17.7 Å². The smallest absolute Gasteiger partial charge is 0.228 e. The Balaban J connectivity index is 1.74. The molecule has 2 aliphatic rings. The zero-order chi connectivity index (χ0) is 25.4. The Labute approximate surface area is 206 Å². The molecule has 0 radical (unpaired) electrons. The van der Waals surface area contributed by atoms with Crippen LogP contribution in [0.3, 0.4) is 0 Å². The van der Waals surface area contributed by atoms with Crippen LogP contribution in [0.15, 0.2) is 58.4 Å². The Bertz CT molecular complexity index is 1090. The molecule has 186 valence electrons. The van der Waals surface area contributed by atoms with Gasteiger partial charge < -0.3 is 20.3 Å². The van der Waals surface area contributed by atoms with Gasteiger partial charge in [0.2, 0.25) is 17.4 Å². The third kappa shape index (κ3) is 5.76. The van der Waals surface area contributed by atoms with Gasteiger partial charge in [0.1, 0.15) is 17.4 Å². The number of hydrogen-bond donors (Lipinski definition) is 2. The molecular weight excluding hydrogens is 444 g/mol. The molecule has 0 amide bonds. The summed E-state index contributed by atoms with van der Waals surface area (Å²) in [6, 6.07) is 8.77. The third-order valence-electron chi connectivity index (χ3n) is 6.63. The van der Waals surface area contributed by atoms with Crippen LogP contribution in [-0.2, 0) is 14.3 Å². The summed E-state index contributed by atoms with van der Waals surface area (Å²) in [5.74, 6) is -2.53. The summed E-state index contributed by atoms with van der Waals surface area (Å²) in [6.45, 7) is 2.20. The maximum Gasteiger partial charge on any atom is 0.228 e. The minimum Gasteiger partial charge on any atom is -0.504 e. The average Bonchev–Trinajstić information content (AvgIpc) is 2.87. The van der Waals surface area contributed by atoms with Gasteiger partial charge in [-0.05, 0) is 30.5 Å². The van der Waals surface area contributed by atoms with Crippen LogP contribution in [0, 0.1) is 11.3 Å². The van der Waals surface area contributed by atoms with Gasteiger partial charge in [-0.3, -0.25) is 9.59 Å². The normalized spacial score (nSPS) is 17.9. The van der Waals surface area contributed by atoms with Gasteiger partial charge in [0.25, 0.3) is 0 Å². The molecule has 1 aromatic carbocycles. The minimum atomic E-state index is -0.914. The van der Waals surface area contributed by atoms with Gasteiger partial charge in [-0.15, -0.1) is 0 Å². The van der Waals surface area contributed by atoms with Crippen molar-refractivity contribution in [2.75, 3.05) is 7.11 Å². The first-order chi connectivity index (χ1) is 16.9. The van der Waals surface area contributed by atoms with Crippen molar-refractivity contribution in [3.8, 4) is 11.8 Å². The molecule has 1 aromatic rings. The second-order valence-electron chi connectivity index (χ2n) is 9.00. The Morgan fingerprint density at radius 3 is 2.17 bits per heavy atom. The predicted molar refractivity (Wildman–Crippen MR) is 132 cm³/mol. The molecule has 0 spiro atoms. The molecule has 7 nitrogen and oxygen atoms in total. The summed E-state index contributed by atoms with van der Waals surface area (Å²) in [5, 5.41) is 20.4. The van der Waals surface area contributed by atoms with Crippen LogP contribution in [0.25, 0.3) is 0 Å². The zero-order valence-corrected chi connectivity index (χ0v) is 20.6. The maximum atomic E-state index is 13.3. The molecule has 0 saturated carbocycles. The van der Waals surface area contributed by atoms with Gasteiger partial charge in [-0.2, -0.15) is 5.26 Å². The van der Waals surface area contributed by atoms with Crippen LogP contribution in [0.2, 0.25) is 0 Å². The number of carbonyl (C=O) groups excluding carboxylic acids is 2. The van der Waals surface area contributed by atoms with Crippen LogP contribution in [-0.4, -0.2) is 23.8 Å². The highest BCUT2D eigenvalue weighted by molar-refractivity contribution is 6.24. The van der Waals surface area contributed by atoms with Gasteiger partial charge >= 0.3 is 0 Å². The molecule has 35 heavy (non-hydrogen) atoms. The molecular formula is C28H34N2O5. The second-order valence-corrected chi connectivity index (χ2v) is 9.00. The number of benzene rings is 1. The molecule has 1 aliphatic heterocycles. The lowest BCUT2D eigenvalue weighted by molar-refractivity contribution is -0.120. The Morgan fingerprint density at radius 1 is 1.00 bits per heavy atom. The Morgan fingerprint density at radius 2 is 1.60 bits per heavy atom. The quantitative estimate of drug-likeness (QED) is 0.294. The van der Waals surface area contributed by atoms with E-state index in [-0.39, 0.29) is 34.8 Å². The number of nitriles is 1. The topological polar surface area (TPSA) is 123 Å². The van der Waals surface area contributed by atoms with Crippen molar-refractivity contribution in [2.24, 2.45) is 5.73 Å². The van der Waals surface area contributed by atoms with Crippen LogP contribution < -0.4 is 10.5 Å². The molecule has 0 saturated heterocycles. The van der Waals surface area contributed by atoms with Gasteiger partial charge in [-0.1, -0.05) is 70.4 Å². The SMILES string of the molecule is CCCCCCCCCCCC1=C(O)C(=O)C2=C(OC(N)=C(C#N)C2c2ccc(OC)cc2)C1=O. The number of ketones is 2. The van der Waals surface area contributed by atoms with Crippen molar-refractivity contribution < 1.29 is 24.2 Å². The predicted octanol–water partition coefficient (Wildman–Crippen LogP) is 5.64. The number of aliphatic hydroxyl groups is 1. The van der Waals surface area contributed by atoms with Crippen LogP contribution in [0.1, 0.15) is 82.6 Å². The summed E-state index contributed by atoms with van der Waals surface area (Å²) in [4.78, 5) is 26.5. The lowest BCUT2D eigenvalue weighted by Crippen LogP contribution is -2.33. The fourth-order valence-electron chi connectivity index (χ4n) is 4.64. The first-order valence-corrected chi connectivity index (χ1v) is 12.4. The molecule has 0 fully saturated rings. The molecule has 3 rings (SSSR count). The van der Waals surface area contributed by atoms with Crippen molar-refractivity contribution in [1.82, 2.24) is 0 Å². The summed E-state index contributed by atoms with van der Waals surface area (Å²) in [6.07, 6.45) is 10.3. The lowest BCUT2D eigenvalue weighted by atomic mass is 9.76. The van der Waals surface area contributed by atoms with E-state index in [1.807, 2.05) is 6.07 Å². The van der Waals surface area contributed by atoms with Gasteiger partial charge in [-0.25, -0.2) is 0 Å². The third-order valence-corrected chi connectivity index (χ3v) is 6.63. The van der Waals surface area contributed by atoms with E-state index in [1.165, 1.54) is 39.2 Å². The standard InChI is InChI=1S/C28H34N2O5/c1-3-4-5-6-7-8-9-10-11-12-20-24(31)26(33)23-22(18-13-15-19(34-2)16-14-18)21(17-29)28(30)35-27(23)25(20)32/h13-16,22,31H,3-12,30H2,1-2H3. The van der Waals surface area contributed by atoms with Crippen LogP contribution >= 0.6 is 0 Å². The van der Waals surface area contributed by atoms with Crippen molar-refractivity contribution in [3.63, 3.8) is 0 Å². The highest BCUT2D eigenvalue weighted by Crippen LogP contribution is 2.44. The molecule has 7 heteroatoms. The van der Waals surface area contributed by atoms with E-state index in [0.717, 1.165) is 19.3 Å². The molecule has 1 unspecified atom stereocenters. The van der Waals surface area contributed by atoms with Gasteiger partial charge in [0.05, 0.1) is 18.6 Å². The minimum absolute atomic E-state index is 0.0188. The maximum absolute atomic E-state index is 13.3. The van der Waals surface area contributed by atoms with Crippen LogP contribution in [0.4, 0.5) is 0 Å². The number of rotatable bonds is 12. The van der Waals surface area contributed by atoms with E-state index in [4.69, 9.17) is 15.2 Å². The number of hydrogen-bond acceptors (Lipinski definition) is 7. The number of ether oxygens (including phenoxy) is 2. The first kappa shape index (κ1) is 26.1. The average molecular weight is 479 g/mol. The van der Waals surface area contributed by atoms with Gasteiger partial charge in [0, 0.05) is 5.57 Å². The molecule has 1 heterocycles. The number of carbonyl (C=O) groups is 2. The van der Waals surface area contributed by atoms with E-state index in [1.54, 1.807) is 24.3 Å². The van der Waals surface area contributed by atoms with E-state index < -0.39 is 23.2 Å². The summed E-state index contributed by atoms with van der Waals surface area (Å²) in [5.41, 5.74) is 6.58. The Hall–Kier alpha value is -3.53. The van der Waals surface area contributed by atoms with Crippen molar-refractivity contribution in [1.29, 1.82) is 5.26 Å². The Kier molecular flexibility index (Phi) is 9.13. The summed E-state index contributed by atoms with van der Waals surface area (Å²) >= 11 is 0. The fraction of sp³-hybridized carbons (Fsp3) is 0.464. The van der Waals surface area contributed by atoms with Crippen molar-refractivity contribution in [2.45, 2.75) is 77.0 Å². The highest BCUT2D eigenvalue weighted by atomic mass is 16.5. The second kappa shape index (κ2) is 12.3. The number of nitrogens with zero attached hydrogens (tertiary/aromatic N) is 1. The monoisotopic (exact) mass is 478 g/mol. The van der Waals surface area contributed by atoms with Crippen molar-refractivity contribution >= 4 is 11.6 Å². The number of allylic oxidation sites excluding steroid dienone is 3. The molecule has 3 N–H and O–H groups in total. The largest absolute Gasteiger partial charge is 0.504 e. The molecule has 0 bridgehead atoms. The highest BCUT2D eigenvalue weighted by Gasteiger charge is 2.44. The number of nitrogens with two attached hydrogens (primary N) is 1. The zero-order valence-electron chi connectivity index (χ0n) is 20.6. The number of Topliss-reactive ketones (excluding diaryl/α,β-unsaturated/α-hetero) is 2. The fourth-order valence-corrected chi connectivity index (χ4v) is 4.64. The molecule has 0 aromatic heterocycles. The van der Waals surface area contributed by atoms with Crippen LogP contribution in [0.5, 0.6) is 5.75 Å². The number of methoxy groups -OCH3 is 1. The first-order valence-electron chi connectivity index (χ1n) is 12.4. The number of unbranched alkanes of at least 4 members (excludes halogenated alkanes) is 8. The van der Waals surface area contributed by atoms with E-state index in [9.17, 15) is 20.0 Å². The summed E-state index contributed by atoms with van der Waals surface area (Å²) < 4.78 is 10.7. The van der Waals surface area contributed by atoms with E-state index >= 15 is 0 Å². The lowest BCUT2D eigenvalue weighted by Gasteiger charge is -2.30. The molecule has 1 aliphatic carbocycles. The van der Waals surface area contributed by atoms with E-state index in [2.05, 4.69) is 6.92 Å². The van der Waals surface area contributed by atoms with Gasteiger partial charge in [0.15, 0.2) is 11.5 Å². The molecule has 1 atom stereocenters. The summed E-state index contributed by atoms with van der Waals surface area (Å²) in [7, 11) is 1.53. The van der Waals surface area contributed by atoms with Crippen molar-refractivity contribution in [3.05, 3.63) is 63.9 Å².